The second-order valence-corrected chi connectivity index (χ2v) is 3.18. The van der Waals surface area contributed by atoms with Gasteiger partial charge in [-0.15, -0.1) is 0 Å². The molecule has 0 amide bonds. The smallest absolute Gasteiger partial charge is 0.160 e. The topological polar surface area (TPSA) is 50.7 Å². The van der Waals surface area contributed by atoms with Crippen LogP contribution in [0.5, 0.6) is 11.5 Å². The molecule has 0 radical (unpaired) electrons. The first-order chi connectivity index (χ1) is 7.27. The zero-order chi connectivity index (χ0) is 11.1. The molecule has 2 N–H and O–H groups in total. The second kappa shape index (κ2) is 6.27. The molecule has 0 aliphatic carbocycles. The van der Waals surface area contributed by atoms with Crippen molar-refractivity contribution < 1.29 is 14.6 Å². The summed E-state index contributed by atoms with van der Waals surface area (Å²) in [7, 11) is 3.21. The number of aromatic hydroxyl groups is 1. The summed E-state index contributed by atoms with van der Waals surface area (Å²) in [4.78, 5) is 0. The molecular formula is C11H17NO3. The highest BCUT2D eigenvalue weighted by molar-refractivity contribution is 5.41. The van der Waals surface area contributed by atoms with E-state index in [0.29, 0.717) is 12.4 Å². The first-order valence-electron chi connectivity index (χ1n) is 4.83. The fourth-order valence-corrected chi connectivity index (χ4v) is 1.24. The van der Waals surface area contributed by atoms with Gasteiger partial charge in [0, 0.05) is 20.2 Å². The van der Waals surface area contributed by atoms with Crippen LogP contribution in [0.3, 0.4) is 0 Å². The number of phenols is 1. The van der Waals surface area contributed by atoms with E-state index in [1.54, 1.807) is 13.2 Å². The fourth-order valence-electron chi connectivity index (χ4n) is 1.24. The molecule has 84 valence electrons. The molecule has 0 spiro atoms. The Bertz CT molecular complexity index is 302. The fraction of sp³-hybridized carbons (Fsp3) is 0.455. The second-order valence-electron chi connectivity index (χ2n) is 3.18. The van der Waals surface area contributed by atoms with Crippen molar-refractivity contribution in [3.63, 3.8) is 0 Å². The number of hydrogen-bond donors (Lipinski definition) is 2. The van der Waals surface area contributed by atoms with E-state index in [4.69, 9.17) is 9.47 Å². The van der Waals surface area contributed by atoms with Gasteiger partial charge in [0.2, 0.25) is 0 Å². The molecule has 0 atom stereocenters. The minimum atomic E-state index is 0.165. The van der Waals surface area contributed by atoms with Gasteiger partial charge in [-0.3, -0.25) is 0 Å². The van der Waals surface area contributed by atoms with E-state index in [9.17, 15) is 5.11 Å². The summed E-state index contributed by atoms with van der Waals surface area (Å²) in [5, 5.41) is 12.6. The SMILES string of the molecule is COCCNCc1ccc(O)c(OC)c1. The third-order valence-corrected chi connectivity index (χ3v) is 2.06. The third-order valence-electron chi connectivity index (χ3n) is 2.06. The van der Waals surface area contributed by atoms with Crippen molar-refractivity contribution in [2.24, 2.45) is 0 Å². The predicted molar refractivity (Wildman–Crippen MR) is 58.2 cm³/mol. The maximum Gasteiger partial charge on any atom is 0.160 e. The van der Waals surface area contributed by atoms with Gasteiger partial charge < -0.3 is 19.9 Å². The molecule has 0 heterocycles. The number of nitrogens with one attached hydrogen (secondary N) is 1. The summed E-state index contributed by atoms with van der Waals surface area (Å²) in [5.74, 6) is 0.666. The third kappa shape index (κ3) is 3.77. The Balaban J connectivity index is 2.47. The van der Waals surface area contributed by atoms with Crippen LogP contribution in [-0.2, 0) is 11.3 Å². The molecule has 0 aromatic heterocycles. The zero-order valence-electron chi connectivity index (χ0n) is 9.12. The lowest BCUT2D eigenvalue weighted by atomic mass is 10.2. The summed E-state index contributed by atoms with van der Waals surface area (Å²) in [6, 6.07) is 5.30. The lowest BCUT2D eigenvalue weighted by Crippen LogP contribution is -2.18. The number of benzene rings is 1. The minimum Gasteiger partial charge on any atom is -0.504 e. The van der Waals surface area contributed by atoms with E-state index >= 15 is 0 Å². The van der Waals surface area contributed by atoms with Crippen molar-refractivity contribution in [2.45, 2.75) is 6.54 Å². The van der Waals surface area contributed by atoms with E-state index < -0.39 is 0 Å². The van der Waals surface area contributed by atoms with Crippen molar-refractivity contribution in [1.29, 1.82) is 0 Å². The maximum absolute atomic E-state index is 9.38. The molecule has 15 heavy (non-hydrogen) atoms. The minimum absolute atomic E-state index is 0.165. The average molecular weight is 211 g/mol. The van der Waals surface area contributed by atoms with Gasteiger partial charge in [-0.2, -0.15) is 0 Å². The lowest BCUT2D eigenvalue weighted by Gasteiger charge is -2.07. The largest absolute Gasteiger partial charge is 0.504 e. The summed E-state index contributed by atoms with van der Waals surface area (Å²) in [6.45, 7) is 2.23. The van der Waals surface area contributed by atoms with Gasteiger partial charge >= 0.3 is 0 Å². The molecule has 4 nitrogen and oxygen atoms in total. The summed E-state index contributed by atoms with van der Waals surface area (Å²) in [5.41, 5.74) is 1.07. The van der Waals surface area contributed by atoms with Crippen LogP contribution in [-0.4, -0.2) is 32.5 Å². The quantitative estimate of drug-likeness (QED) is 0.693. The Labute approximate surface area is 89.8 Å². The monoisotopic (exact) mass is 211 g/mol. The number of phenolic OH excluding ortho intramolecular Hbond substituents is 1. The van der Waals surface area contributed by atoms with Crippen molar-refractivity contribution in [3.05, 3.63) is 23.8 Å². The molecule has 0 fully saturated rings. The van der Waals surface area contributed by atoms with E-state index in [2.05, 4.69) is 5.32 Å². The molecule has 1 aromatic rings. The number of ether oxygens (including phenoxy) is 2. The van der Waals surface area contributed by atoms with E-state index in [0.717, 1.165) is 18.7 Å². The Kier molecular flexibility index (Phi) is 4.93. The van der Waals surface area contributed by atoms with Gasteiger partial charge in [-0.05, 0) is 17.7 Å². The summed E-state index contributed by atoms with van der Waals surface area (Å²) < 4.78 is 9.93. The summed E-state index contributed by atoms with van der Waals surface area (Å²) in [6.07, 6.45) is 0. The van der Waals surface area contributed by atoms with Crippen molar-refractivity contribution in [1.82, 2.24) is 5.32 Å². The van der Waals surface area contributed by atoms with E-state index in [1.165, 1.54) is 7.11 Å². The Morgan fingerprint density at radius 2 is 2.13 bits per heavy atom. The van der Waals surface area contributed by atoms with Crippen LogP contribution >= 0.6 is 0 Å². The first kappa shape index (κ1) is 11.8. The van der Waals surface area contributed by atoms with Crippen LogP contribution in [0.1, 0.15) is 5.56 Å². The molecule has 0 saturated heterocycles. The maximum atomic E-state index is 9.38. The number of rotatable bonds is 6. The zero-order valence-corrected chi connectivity index (χ0v) is 9.12. The average Bonchev–Trinajstić information content (AvgIpc) is 2.26. The Morgan fingerprint density at radius 3 is 2.80 bits per heavy atom. The van der Waals surface area contributed by atoms with Crippen LogP contribution in [0.15, 0.2) is 18.2 Å². The molecule has 0 bridgehead atoms. The lowest BCUT2D eigenvalue weighted by molar-refractivity contribution is 0.199. The first-order valence-corrected chi connectivity index (χ1v) is 4.83. The standard InChI is InChI=1S/C11H17NO3/c1-14-6-5-12-8-9-3-4-10(13)11(7-9)15-2/h3-4,7,12-13H,5-6,8H2,1-2H3. The van der Waals surface area contributed by atoms with Crippen molar-refractivity contribution in [2.75, 3.05) is 27.4 Å². The van der Waals surface area contributed by atoms with Gasteiger partial charge in [-0.25, -0.2) is 0 Å². The van der Waals surface area contributed by atoms with Gasteiger partial charge in [0.1, 0.15) is 0 Å². The molecule has 1 aromatic carbocycles. The molecule has 0 aliphatic rings. The highest BCUT2D eigenvalue weighted by Gasteiger charge is 2.01. The van der Waals surface area contributed by atoms with E-state index in [-0.39, 0.29) is 5.75 Å². The van der Waals surface area contributed by atoms with Gasteiger partial charge in [-0.1, -0.05) is 6.07 Å². The number of methoxy groups -OCH3 is 2. The van der Waals surface area contributed by atoms with Crippen LogP contribution in [0.25, 0.3) is 0 Å². The van der Waals surface area contributed by atoms with Crippen LogP contribution in [0, 0.1) is 0 Å². The predicted octanol–water partition coefficient (Wildman–Crippen LogP) is 1.14. The molecule has 0 unspecified atom stereocenters. The molecule has 0 aliphatic heterocycles. The number of hydrogen-bond acceptors (Lipinski definition) is 4. The molecular weight excluding hydrogens is 194 g/mol. The van der Waals surface area contributed by atoms with Crippen molar-refractivity contribution >= 4 is 0 Å². The Morgan fingerprint density at radius 1 is 1.33 bits per heavy atom. The van der Waals surface area contributed by atoms with Gasteiger partial charge in [0.05, 0.1) is 13.7 Å². The highest BCUT2D eigenvalue weighted by atomic mass is 16.5. The van der Waals surface area contributed by atoms with Gasteiger partial charge in [0.25, 0.3) is 0 Å². The Hall–Kier alpha value is -1.26. The van der Waals surface area contributed by atoms with Crippen LogP contribution in [0.4, 0.5) is 0 Å². The normalized spacial score (nSPS) is 10.3. The van der Waals surface area contributed by atoms with E-state index in [1.807, 2.05) is 12.1 Å². The van der Waals surface area contributed by atoms with Crippen molar-refractivity contribution in [3.8, 4) is 11.5 Å². The van der Waals surface area contributed by atoms with Crippen LogP contribution < -0.4 is 10.1 Å². The molecule has 1 rings (SSSR count). The summed E-state index contributed by atoms with van der Waals surface area (Å²) >= 11 is 0. The highest BCUT2D eigenvalue weighted by Crippen LogP contribution is 2.25. The van der Waals surface area contributed by atoms with Crippen LogP contribution in [0.2, 0.25) is 0 Å². The molecule has 0 saturated carbocycles. The van der Waals surface area contributed by atoms with Gasteiger partial charge in [0.15, 0.2) is 11.5 Å². The molecule has 4 heteroatoms.